The van der Waals surface area contributed by atoms with Crippen molar-refractivity contribution in [2.45, 2.75) is 13.8 Å². The summed E-state index contributed by atoms with van der Waals surface area (Å²) in [6, 6.07) is 0. The molecule has 0 aromatic heterocycles. The van der Waals surface area contributed by atoms with Gasteiger partial charge in [0.05, 0.1) is 0 Å². The van der Waals surface area contributed by atoms with Crippen LogP contribution in [0.5, 0.6) is 0 Å². The fraction of sp³-hybridized carbons (Fsp3) is 0.500. The Labute approximate surface area is 59.1 Å². The monoisotopic (exact) mass is 164 g/mol. The molecule has 0 aliphatic heterocycles. The van der Waals surface area contributed by atoms with Crippen LogP contribution in [0.25, 0.3) is 0 Å². The van der Waals surface area contributed by atoms with Gasteiger partial charge in [-0.25, -0.2) is 0 Å². The smallest absolute Gasteiger partial charge is 0.250 e. The molecule has 2 amide bonds. The molecule has 0 aliphatic rings. The van der Waals surface area contributed by atoms with E-state index in [4.69, 9.17) is 0 Å². The number of amides is 2. The highest BCUT2D eigenvalue weighted by atomic mass is 31.1. The quantitative estimate of drug-likeness (QED) is 0.547. The molecular formula is C4H9N2O3P. The molecule has 0 atom stereocenters. The van der Waals surface area contributed by atoms with Crippen LogP contribution in [0, 0.1) is 0 Å². The van der Waals surface area contributed by atoms with Gasteiger partial charge in [0.15, 0.2) is 0 Å². The van der Waals surface area contributed by atoms with E-state index in [1.54, 1.807) is 0 Å². The van der Waals surface area contributed by atoms with Crippen molar-refractivity contribution in [2.24, 2.45) is 0 Å². The van der Waals surface area contributed by atoms with Gasteiger partial charge in [-0.2, -0.15) is 0 Å². The first-order chi connectivity index (χ1) is 4.52. The van der Waals surface area contributed by atoms with Gasteiger partial charge in [-0.3, -0.25) is 24.3 Å². The number of hydrogen-bond donors (Lipinski definition) is 2. The predicted octanol–water partition coefficient (Wildman–Crippen LogP) is -0.352. The molecule has 0 unspecified atom stereocenters. The lowest BCUT2D eigenvalue weighted by Crippen LogP contribution is -2.21. The molecule has 0 rings (SSSR count). The van der Waals surface area contributed by atoms with Crippen molar-refractivity contribution < 1.29 is 14.2 Å². The normalized spacial score (nSPS) is 9.10. The van der Waals surface area contributed by atoms with Crippen molar-refractivity contribution >= 4 is 19.9 Å². The van der Waals surface area contributed by atoms with Gasteiger partial charge in [0.25, 0.3) is 8.10 Å². The predicted molar refractivity (Wildman–Crippen MR) is 36.6 cm³/mol. The lowest BCUT2D eigenvalue weighted by Gasteiger charge is -2.00. The average Bonchev–Trinajstić information content (AvgIpc) is 1.58. The number of nitrogens with one attached hydrogen (secondary N) is 2. The van der Waals surface area contributed by atoms with Crippen molar-refractivity contribution in [3.63, 3.8) is 0 Å². The van der Waals surface area contributed by atoms with Gasteiger partial charge in [0, 0.05) is 13.8 Å². The molecule has 0 aliphatic carbocycles. The molecule has 0 saturated heterocycles. The van der Waals surface area contributed by atoms with Crippen molar-refractivity contribution in [1.29, 1.82) is 0 Å². The molecule has 0 aromatic carbocycles. The van der Waals surface area contributed by atoms with E-state index in [0.29, 0.717) is 0 Å². The molecule has 0 bridgehead atoms. The highest BCUT2D eigenvalue weighted by Gasteiger charge is 1.99. The maximum atomic E-state index is 10.6. The standard InChI is InChI=1S/C4H9N2O3P/c1-3(7)5-10(9)6-4(2)8/h10H,1-2H3,(H2,5,6,7,8,9). The molecule has 0 saturated carbocycles. The summed E-state index contributed by atoms with van der Waals surface area (Å²) in [6.45, 7) is 2.45. The third-order valence-electron chi connectivity index (χ3n) is 0.579. The minimum Gasteiger partial charge on any atom is -0.293 e. The summed E-state index contributed by atoms with van der Waals surface area (Å²) in [5.41, 5.74) is 0. The van der Waals surface area contributed by atoms with E-state index < -0.39 is 19.9 Å². The van der Waals surface area contributed by atoms with E-state index in [0.717, 1.165) is 0 Å². The van der Waals surface area contributed by atoms with Crippen molar-refractivity contribution in [3.8, 4) is 0 Å². The fourth-order valence-corrected chi connectivity index (χ4v) is 1.05. The molecule has 2 N–H and O–H groups in total. The van der Waals surface area contributed by atoms with Crippen LogP contribution in [0.15, 0.2) is 0 Å². The Kier molecular flexibility index (Phi) is 3.72. The second-order valence-electron chi connectivity index (χ2n) is 1.69. The number of carbonyl (C=O) groups is 2. The molecule has 0 spiro atoms. The Bertz CT molecular complexity index is 161. The van der Waals surface area contributed by atoms with Crippen molar-refractivity contribution in [2.75, 3.05) is 0 Å². The Morgan fingerprint density at radius 2 is 1.40 bits per heavy atom. The average molecular weight is 164 g/mol. The van der Waals surface area contributed by atoms with Crippen molar-refractivity contribution in [3.05, 3.63) is 0 Å². The van der Waals surface area contributed by atoms with Gasteiger partial charge in [-0.1, -0.05) is 0 Å². The van der Waals surface area contributed by atoms with Crippen LogP contribution in [-0.4, -0.2) is 11.8 Å². The molecule has 0 radical (unpaired) electrons. The molecule has 10 heavy (non-hydrogen) atoms. The van der Waals surface area contributed by atoms with Gasteiger partial charge in [0.2, 0.25) is 11.8 Å². The minimum atomic E-state index is -2.44. The SMILES string of the molecule is CC(=O)N[PH](=O)NC(C)=O. The van der Waals surface area contributed by atoms with Crippen molar-refractivity contribution in [1.82, 2.24) is 10.2 Å². The fourth-order valence-electron chi connectivity index (χ4n) is 0.351. The van der Waals surface area contributed by atoms with E-state index in [1.807, 2.05) is 10.2 Å². The summed E-state index contributed by atoms with van der Waals surface area (Å²) >= 11 is 0. The lowest BCUT2D eigenvalue weighted by molar-refractivity contribution is -0.117. The molecular weight excluding hydrogens is 155 g/mol. The zero-order valence-corrected chi connectivity index (χ0v) is 6.72. The van der Waals surface area contributed by atoms with Crippen LogP contribution in [-0.2, 0) is 14.2 Å². The first-order valence-electron chi connectivity index (χ1n) is 2.61. The van der Waals surface area contributed by atoms with Gasteiger partial charge in [-0.05, 0) is 0 Å². The van der Waals surface area contributed by atoms with Gasteiger partial charge in [0.1, 0.15) is 0 Å². The molecule has 58 valence electrons. The van der Waals surface area contributed by atoms with E-state index in [2.05, 4.69) is 0 Å². The van der Waals surface area contributed by atoms with E-state index in [-0.39, 0.29) is 0 Å². The maximum absolute atomic E-state index is 10.6. The first kappa shape index (κ1) is 9.17. The molecule has 0 fully saturated rings. The van der Waals surface area contributed by atoms with Crippen LogP contribution in [0.1, 0.15) is 13.8 Å². The third-order valence-corrected chi connectivity index (χ3v) is 1.74. The third kappa shape index (κ3) is 5.31. The number of rotatable bonds is 2. The molecule has 6 heteroatoms. The molecule has 0 heterocycles. The summed E-state index contributed by atoms with van der Waals surface area (Å²) in [5.74, 6) is -0.838. The Morgan fingerprint density at radius 1 is 1.10 bits per heavy atom. The zero-order valence-electron chi connectivity index (χ0n) is 5.72. The first-order valence-corrected chi connectivity index (χ1v) is 4.02. The summed E-state index contributed by atoms with van der Waals surface area (Å²) in [7, 11) is -2.44. The second-order valence-corrected chi connectivity index (χ2v) is 2.85. The number of hydrogen-bond acceptors (Lipinski definition) is 3. The van der Waals surface area contributed by atoms with Crippen LogP contribution < -0.4 is 10.2 Å². The topological polar surface area (TPSA) is 75.3 Å². The zero-order chi connectivity index (χ0) is 8.15. The largest absolute Gasteiger partial charge is 0.293 e. The van der Waals surface area contributed by atoms with Crippen LogP contribution in [0.4, 0.5) is 0 Å². The maximum Gasteiger partial charge on any atom is 0.250 e. The molecule has 0 aromatic rings. The molecule has 5 nitrogen and oxygen atoms in total. The van der Waals surface area contributed by atoms with Gasteiger partial charge in [-0.15, -0.1) is 0 Å². The van der Waals surface area contributed by atoms with Crippen LogP contribution in [0.3, 0.4) is 0 Å². The summed E-state index contributed by atoms with van der Waals surface area (Å²) in [5, 5.41) is 4.10. The van der Waals surface area contributed by atoms with Crippen LogP contribution in [0.2, 0.25) is 0 Å². The van der Waals surface area contributed by atoms with E-state index in [1.165, 1.54) is 13.8 Å². The Hall–Kier alpha value is -0.830. The van der Waals surface area contributed by atoms with Gasteiger partial charge < -0.3 is 0 Å². The summed E-state index contributed by atoms with van der Waals surface area (Å²) < 4.78 is 10.6. The highest BCUT2D eigenvalue weighted by molar-refractivity contribution is 7.41. The second kappa shape index (κ2) is 4.06. The number of carbonyl (C=O) groups excluding carboxylic acids is 2. The Morgan fingerprint density at radius 3 is 1.60 bits per heavy atom. The Balaban J connectivity index is 3.65. The highest BCUT2D eigenvalue weighted by Crippen LogP contribution is 2.04. The van der Waals surface area contributed by atoms with Gasteiger partial charge >= 0.3 is 0 Å². The van der Waals surface area contributed by atoms with E-state index in [9.17, 15) is 14.2 Å². The summed E-state index contributed by atoms with van der Waals surface area (Å²) in [4.78, 5) is 20.4. The van der Waals surface area contributed by atoms with Crippen LogP contribution >= 0.6 is 8.10 Å². The summed E-state index contributed by atoms with van der Waals surface area (Å²) in [6.07, 6.45) is 0. The lowest BCUT2D eigenvalue weighted by atomic mass is 10.8. The van der Waals surface area contributed by atoms with E-state index >= 15 is 0 Å². The minimum absolute atomic E-state index is 0.419.